The van der Waals surface area contributed by atoms with E-state index >= 15 is 0 Å². The molecule has 1 unspecified atom stereocenters. The van der Waals surface area contributed by atoms with Crippen LogP contribution < -0.4 is 4.74 Å². The van der Waals surface area contributed by atoms with E-state index < -0.39 is 11.8 Å². The standard InChI is InChI=1S/C17H14O4S/c1-20-17(19)15(18)14-6-2-5-13-11(7-8-21-16(13)14)10-12-4-3-9-22-12/h2-9,11H,10H2,1H3. The molecule has 2 heterocycles. The summed E-state index contributed by atoms with van der Waals surface area (Å²) in [6, 6.07) is 9.36. The average molecular weight is 314 g/mol. The van der Waals surface area contributed by atoms with Crippen LogP contribution in [0.3, 0.4) is 0 Å². The largest absolute Gasteiger partial charge is 0.464 e. The van der Waals surface area contributed by atoms with Gasteiger partial charge >= 0.3 is 5.97 Å². The maximum atomic E-state index is 12.1. The van der Waals surface area contributed by atoms with Gasteiger partial charge in [0, 0.05) is 16.4 Å². The van der Waals surface area contributed by atoms with Crippen LogP contribution in [0.15, 0.2) is 48.0 Å². The molecule has 0 saturated carbocycles. The average Bonchev–Trinajstić information content (AvgIpc) is 3.06. The van der Waals surface area contributed by atoms with Gasteiger partial charge in [0.05, 0.1) is 18.9 Å². The SMILES string of the molecule is COC(=O)C(=O)c1cccc2c1OC=CC2Cc1cccs1. The molecule has 0 saturated heterocycles. The van der Waals surface area contributed by atoms with Gasteiger partial charge in [0.25, 0.3) is 5.78 Å². The molecule has 0 aliphatic carbocycles. The number of ketones is 1. The number of fused-ring (bicyclic) bond motifs is 1. The second-order valence-electron chi connectivity index (χ2n) is 4.88. The van der Waals surface area contributed by atoms with E-state index in [-0.39, 0.29) is 11.5 Å². The Morgan fingerprint density at radius 1 is 1.27 bits per heavy atom. The van der Waals surface area contributed by atoms with Gasteiger partial charge < -0.3 is 9.47 Å². The first-order valence-corrected chi connectivity index (χ1v) is 7.70. The van der Waals surface area contributed by atoms with Crippen LogP contribution in [-0.4, -0.2) is 18.9 Å². The molecule has 1 aromatic carbocycles. The first kappa shape index (κ1) is 14.5. The maximum absolute atomic E-state index is 12.1. The lowest BCUT2D eigenvalue weighted by Crippen LogP contribution is -2.18. The highest BCUT2D eigenvalue weighted by atomic mass is 32.1. The fraction of sp³-hybridized carbons (Fsp3) is 0.176. The molecule has 1 aliphatic rings. The molecule has 0 spiro atoms. The Labute approximate surface area is 132 Å². The van der Waals surface area contributed by atoms with Crippen LogP contribution in [0.25, 0.3) is 0 Å². The van der Waals surface area contributed by atoms with Gasteiger partial charge in [0.15, 0.2) is 0 Å². The Balaban J connectivity index is 1.96. The normalized spacial score (nSPS) is 15.8. The quantitative estimate of drug-likeness (QED) is 0.493. The van der Waals surface area contributed by atoms with Crippen molar-refractivity contribution in [2.75, 3.05) is 7.11 Å². The molecule has 1 aromatic heterocycles. The van der Waals surface area contributed by atoms with Gasteiger partial charge in [0.1, 0.15) is 5.75 Å². The molecule has 2 aromatic rings. The number of carbonyl (C=O) groups excluding carboxylic acids is 2. The third-order valence-corrected chi connectivity index (χ3v) is 4.46. The van der Waals surface area contributed by atoms with Gasteiger partial charge in [-0.3, -0.25) is 4.79 Å². The zero-order chi connectivity index (χ0) is 15.5. The van der Waals surface area contributed by atoms with Crippen molar-refractivity contribution in [2.45, 2.75) is 12.3 Å². The lowest BCUT2D eigenvalue weighted by Gasteiger charge is -2.22. The third kappa shape index (κ3) is 2.67. The molecule has 0 fully saturated rings. The van der Waals surface area contributed by atoms with Crippen LogP contribution in [0.5, 0.6) is 5.75 Å². The minimum atomic E-state index is -0.888. The van der Waals surface area contributed by atoms with Gasteiger partial charge in [-0.25, -0.2) is 4.79 Å². The lowest BCUT2D eigenvalue weighted by molar-refractivity contribution is -0.135. The number of rotatable bonds is 4. The summed E-state index contributed by atoms with van der Waals surface area (Å²) in [6.45, 7) is 0. The number of hydrogen-bond acceptors (Lipinski definition) is 5. The van der Waals surface area contributed by atoms with Gasteiger partial charge in [0.2, 0.25) is 0 Å². The van der Waals surface area contributed by atoms with Crippen molar-refractivity contribution in [1.82, 2.24) is 0 Å². The van der Waals surface area contributed by atoms with Gasteiger partial charge in [-0.05, 0) is 30.0 Å². The molecule has 0 radical (unpaired) electrons. The summed E-state index contributed by atoms with van der Waals surface area (Å²) in [7, 11) is 1.19. The Kier molecular flexibility index (Phi) is 4.06. The maximum Gasteiger partial charge on any atom is 0.379 e. The number of thiophene rings is 1. The molecule has 0 amide bonds. The molecule has 4 nitrogen and oxygen atoms in total. The number of hydrogen-bond donors (Lipinski definition) is 0. The number of ether oxygens (including phenoxy) is 2. The van der Waals surface area contributed by atoms with Crippen molar-refractivity contribution in [3.05, 3.63) is 64.1 Å². The molecule has 22 heavy (non-hydrogen) atoms. The summed E-state index contributed by atoms with van der Waals surface area (Å²) in [5, 5.41) is 2.04. The van der Waals surface area contributed by atoms with E-state index in [1.54, 1.807) is 29.7 Å². The van der Waals surface area contributed by atoms with E-state index in [1.807, 2.05) is 23.6 Å². The van der Waals surface area contributed by atoms with E-state index in [4.69, 9.17) is 4.74 Å². The smallest absolute Gasteiger partial charge is 0.379 e. The van der Waals surface area contributed by atoms with E-state index in [2.05, 4.69) is 10.8 Å². The third-order valence-electron chi connectivity index (χ3n) is 3.56. The highest BCUT2D eigenvalue weighted by molar-refractivity contribution is 7.09. The first-order valence-electron chi connectivity index (χ1n) is 6.82. The van der Waals surface area contributed by atoms with E-state index in [0.29, 0.717) is 5.75 Å². The number of carbonyl (C=O) groups is 2. The number of Topliss-reactive ketones (excluding diaryl/α,β-unsaturated/α-hetero) is 1. The van der Waals surface area contributed by atoms with Gasteiger partial charge in [-0.15, -0.1) is 11.3 Å². The summed E-state index contributed by atoms with van der Waals surface area (Å²) in [5.41, 5.74) is 1.15. The Morgan fingerprint density at radius 2 is 2.14 bits per heavy atom. The van der Waals surface area contributed by atoms with Crippen molar-refractivity contribution >= 4 is 23.1 Å². The molecule has 1 aliphatic heterocycles. The van der Waals surface area contributed by atoms with Gasteiger partial charge in [-0.1, -0.05) is 18.2 Å². The predicted octanol–water partition coefficient (Wildman–Crippen LogP) is 3.34. The minimum absolute atomic E-state index is 0.118. The molecular weight excluding hydrogens is 300 g/mol. The number of esters is 1. The number of allylic oxidation sites excluding steroid dienone is 1. The van der Waals surface area contributed by atoms with Crippen molar-refractivity contribution in [3.63, 3.8) is 0 Å². The van der Waals surface area contributed by atoms with Gasteiger partial charge in [-0.2, -0.15) is 0 Å². The number of para-hydroxylation sites is 1. The van der Waals surface area contributed by atoms with Crippen molar-refractivity contribution in [3.8, 4) is 5.75 Å². The molecule has 3 rings (SSSR count). The van der Waals surface area contributed by atoms with Crippen LogP contribution in [0, 0.1) is 0 Å². The number of benzene rings is 1. The van der Waals surface area contributed by atoms with Crippen molar-refractivity contribution < 1.29 is 19.1 Å². The zero-order valence-corrected chi connectivity index (χ0v) is 12.8. The second kappa shape index (κ2) is 6.15. The van der Waals surface area contributed by atoms with Crippen LogP contribution in [0.1, 0.15) is 26.7 Å². The summed E-state index contributed by atoms with van der Waals surface area (Å²) in [5.74, 6) is -1.01. The zero-order valence-electron chi connectivity index (χ0n) is 11.9. The van der Waals surface area contributed by atoms with Crippen LogP contribution in [-0.2, 0) is 16.0 Å². The lowest BCUT2D eigenvalue weighted by atomic mass is 9.90. The second-order valence-corrected chi connectivity index (χ2v) is 5.91. The van der Waals surface area contributed by atoms with E-state index in [9.17, 15) is 9.59 Å². The topological polar surface area (TPSA) is 52.6 Å². The van der Waals surface area contributed by atoms with Crippen molar-refractivity contribution in [2.24, 2.45) is 0 Å². The molecule has 1 atom stereocenters. The Morgan fingerprint density at radius 3 is 2.86 bits per heavy atom. The minimum Gasteiger partial charge on any atom is -0.464 e. The predicted molar refractivity (Wildman–Crippen MR) is 83.3 cm³/mol. The highest BCUT2D eigenvalue weighted by Gasteiger charge is 2.27. The molecule has 5 heteroatoms. The highest BCUT2D eigenvalue weighted by Crippen LogP contribution is 2.37. The molecular formula is C17H14O4S. The molecule has 0 bridgehead atoms. The molecule has 0 N–H and O–H groups in total. The van der Waals surface area contributed by atoms with Crippen LogP contribution >= 0.6 is 11.3 Å². The fourth-order valence-corrected chi connectivity index (χ4v) is 3.25. The number of methoxy groups -OCH3 is 1. The van der Waals surface area contributed by atoms with Crippen molar-refractivity contribution in [1.29, 1.82) is 0 Å². The first-order chi connectivity index (χ1) is 10.7. The van der Waals surface area contributed by atoms with Crippen LogP contribution in [0.2, 0.25) is 0 Å². The summed E-state index contributed by atoms with van der Waals surface area (Å²) in [4.78, 5) is 24.8. The van der Waals surface area contributed by atoms with Crippen LogP contribution in [0.4, 0.5) is 0 Å². The molecule has 112 valence electrons. The van der Waals surface area contributed by atoms with E-state index in [1.165, 1.54) is 12.0 Å². The summed E-state index contributed by atoms with van der Waals surface area (Å²) < 4.78 is 10.0. The fourth-order valence-electron chi connectivity index (χ4n) is 2.49. The van der Waals surface area contributed by atoms with E-state index in [0.717, 1.165) is 12.0 Å². The summed E-state index contributed by atoms with van der Waals surface area (Å²) in [6.07, 6.45) is 4.38. The summed E-state index contributed by atoms with van der Waals surface area (Å²) >= 11 is 1.69. The Bertz CT molecular complexity index is 731. The Hall–Kier alpha value is -2.40. The monoisotopic (exact) mass is 314 g/mol.